The molecule has 1 saturated heterocycles. The van der Waals surface area contributed by atoms with E-state index in [1.165, 1.54) is 0 Å². The first-order valence-electron chi connectivity index (χ1n) is 10.4. The van der Waals surface area contributed by atoms with Crippen molar-refractivity contribution in [2.45, 2.75) is 76.3 Å². The van der Waals surface area contributed by atoms with Gasteiger partial charge in [-0.25, -0.2) is 9.18 Å². The molecule has 30 heavy (non-hydrogen) atoms. The highest BCUT2D eigenvalue weighted by atomic mass is 19.4. The van der Waals surface area contributed by atoms with Crippen LogP contribution in [0.15, 0.2) is 0 Å². The highest BCUT2D eigenvalue weighted by Crippen LogP contribution is 2.39. The van der Waals surface area contributed by atoms with Crippen LogP contribution < -0.4 is 26.6 Å². The molecular weight excluding hydrogens is 407 g/mol. The van der Waals surface area contributed by atoms with Gasteiger partial charge < -0.3 is 25.8 Å². The molecule has 0 aromatic rings. The summed E-state index contributed by atoms with van der Waals surface area (Å²) in [5, 5.41) is 24.3. The molecular formula is C17H33BF4N6O2. The molecule has 13 heteroatoms. The molecule has 1 saturated carbocycles. The van der Waals surface area contributed by atoms with E-state index in [9.17, 15) is 27.4 Å². The van der Waals surface area contributed by atoms with Gasteiger partial charge in [-0.15, -0.1) is 0 Å². The van der Waals surface area contributed by atoms with Crippen LogP contribution in [0.3, 0.4) is 0 Å². The Balaban J connectivity index is 1.78. The molecule has 2 rings (SSSR count). The molecule has 1 aliphatic heterocycles. The maximum absolute atomic E-state index is 13.6. The average molecular weight is 440 g/mol. The quantitative estimate of drug-likeness (QED) is 0.256. The fourth-order valence-electron chi connectivity index (χ4n) is 3.81. The van der Waals surface area contributed by atoms with E-state index in [2.05, 4.69) is 26.6 Å². The number of halogens is 4. The molecule has 6 atom stereocenters. The standard InChI is InChI=1S/C17H33BF4N6O2/c1-10-8-14(23-6-7-28(3)18(2)30)26-15(24-10)27-16(29)25-11-4-5-13(19)12(9-11)17(20,21)22/h10-15,23-24,26,30H,4-9H2,1-3H3,(H2,25,27,29). The summed E-state index contributed by atoms with van der Waals surface area (Å²) in [7, 11) is 1.26. The van der Waals surface area contributed by atoms with Crippen molar-refractivity contribution in [3.05, 3.63) is 0 Å². The van der Waals surface area contributed by atoms with Crippen molar-refractivity contribution >= 4 is 13.1 Å². The second-order valence-electron chi connectivity index (χ2n) is 8.31. The Morgan fingerprint density at radius 1 is 1.23 bits per heavy atom. The minimum Gasteiger partial charge on any atom is -0.437 e. The zero-order chi connectivity index (χ0) is 22.5. The molecule has 0 aromatic heterocycles. The van der Waals surface area contributed by atoms with E-state index in [-0.39, 0.29) is 25.0 Å². The summed E-state index contributed by atoms with van der Waals surface area (Å²) >= 11 is 0. The van der Waals surface area contributed by atoms with E-state index >= 15 is 0 Å². The van der Waals surface area contributed by atoms with Gasteiger partial charge in [-0.2, -0.15) is 13.2 Å². The Morgan fingerprint density at radius 3 is 2.57 bits per heavy atom. The highest BCUT2D eigenvalue weighted by molar-refractivity contribution is 6.45. The second kappa shape index (κ2) is 10.9. The van der Waals surface area contributed by atoms with Crippen LogP contribution in [0.4, 0.5) is 22.4 Å². The van der Waals surface area contributed by atoms with Gasteiger partial charge in [-0.05, 0) is 46.5 Å². The monoisotopic (exact) mass is 440 g/mol. The minimum absolute atomic E-state index is 0.0835. The lowest BCUT2D eigenvalue weighted by Crippen LogP contribution is -2.68. The summed E-state index contributed by atoms with van der Waals surface area (Å²) in [4.78, 5) is 14.1. The molecule has 2 fully saturated rings. The molecule has 8 nitrogen and oxygen atoms in total. The molecule has 174 valence electrons. The second-order valence-corrected chi connectivity index (χ2v) is 8.31. The molecule has 6 unspecified atom stereocenters. The fourth-order valence-corrected chi connectivity index (χ4v) is 3.81. The number of alkyl halides is 4. The molecule has 0 radical (unpaired) electrons. The van der Waals surface area contributed by atoms with E-state index in [1.54, 1.807) is 18.7 Å². The van der Waals surface area contributed by atoms with Gasteiger partial charge in [-0.1, -0.05) is 0 Å². The molecule has 1 aliphatic carbocycles. The normalized spacial score (nSPS) is 32.7. The third-order valence-electron chi connectivity index (χ3n) is 5.70. The van der Waals surface area contributed by atoms with Crippen molar-refractivity contribution < 1.29 is 27.4 Å². The number of hydrogen-bond acceptors (Lipinski definition) is 6. The van der Waals surface area contributed by atoms with E-state index in [4.69, 9.17) is 0 Å². The first-order chi connectivity index (χ1) is 14.0. The first kappa shape index (κ1) is 25.1. The number of likely N-dealkylation sites (N-methyl/N-ethyl adjacent to an activating group) is 1. The Morgan fingerprint density at radius 2 is 1.93 bits per heavy atom. The number of nitrogens with zero attached hydrogens (tertiary/aromatic N) is 1. The number of hydrogen-bond donors (Lipinski definition) is 6. The van der Waals surface area contributed by atoms with Crippen molar-refractivity contribution in [2.75, 3.05) is 20.1 Å². The number of carbonyl (C=O) groups is 1. The van der Waals surface area contributed by atoms with Crippen molar-refractivity contribution in [3.63, 3.8) is 0 Å². The lowest BCUT2D eigenvalue weighted by molar-refractivity contribution is -0.199. The van der Waals surface area contributed by atoms with Crippen molar-refractivity contribution in [3.8, 4) is 0 Å². The summed E-state index contributed by atoms with van der Waals surface area (Å²) in [6.07, 6.45) is -6.95. The zero-order valence-electron chi connectivity index (χ0n) is 17.6. The maximum Gasteiger partial charge on any atom is 0.394 e. The summed E-state index contributed by atoms with van der Waals surface area (Å²) < 4.78 is 52.5. The summed E-state index contributed by atoms with van der Waals surface area (Å²) in [6.45, 7) is 4.89. The van der Waals surface area contributed by atoms with Crippen LogP contribution in [-0.2, 0) is 0 Å². The van der Waals surface area contributed by atoms with Gasteiger partial charge in [0.2, 0.25) is 0 Å². The van der Waals surface area contributed by atoms with Crippen LogP contribution in [0, 0.1) is 5.92 Å². The van der Waals surface area contributed by atoms with Gasteiger partial charge in [0.25, 0.3) is 0 Å². The van der Waals surface area contributed by atoms with E-state index in [0.717, 1.165) is 6.42 Å². The Kier molecular flexibility index (Phi) is 9.16. The number of nitrogens with one attached hydrogen (secondary N) is 5. The SMILES string of the molecule is CB(O)N(C)CCNC1CC(C)NC(NC(=O)NC2CCC(F)C(C(F)(F)F)C2)N1. The summed E-state index contributed by atoms with van der Waals surface area (Å²) in [5.74, 6) is -2.05. The van der Waals surface area contributed by atoms with Gasteiger partial charge in [0.15, 0.2) is 0 Å². The summed E-state index contributed by atoms with van der Waals surface area (Å²) in [6, 6.07) is -1.25. The first-order valence-corrected chi connectivity index (χ1v) is 10.4. The van der Waals surface area contributed by atoms with Gasteiger partial charge in [0.05, 0.1) is 12.1 Å². The van der Waals surface area contributed by atoms with Crippen LogP contribution in [0.2, 0.25) is 6.82 Å². The molecule has 0 aromatic carbocycles. The Bertz CT molecular complexity index is 559. The Labute approximate surface area is 175 Å². The number of rotatable bonds is 7. The topological polar surface area (TPSA) is 101 Å². The third-order valence-corrected chi connectivity index (χ3v) is 5.70. The average Bonchev–Trinajstić information content (AvgIpc) is 2.61. The maximum atomic E-state index is 13.6. The highest BCUT2D eigenvalue weighted by Gasteiger charge is 2.48. The largest absolute Gasteiger partial charge is 0.437 e. The van der Waals surface area contributed by atoms with Crippen molar-refractivity contribution in [1.29, 1.82) is 0 Å². The number of carbonyl (C=O) groups excluding carboxylic acids is 1. The van der Waals surface area contributed by atoms with Gasteiger partial charge >= 0.3 is 19.3 Å². The molecule has 1 heterocycles. The zero-order valence-corrected chi connectivity index (χ0v) is 17.6. The fraction of sp³-hybridized carbons (Fsp3) is 0.941. The predicted molar refractivity (Wildman–Crippen MR) is 106 cm³/mol. The van der Waals surface area contributed by atoms with E-state index in [1.807, 2.05) is 6.92 Å². The lowest BCUT2D eigenvalue weighted by atomic mass is 9.84. The minimum atomic E-state index is -4.61. The molecule has 2 aliphatic rings. The molecule has 2 amide bonds. The molecule has 0 bridgehead atoms. The van der Waals surface area contributed by atoms with Gasteiger partial charge in [0, 0.05) is 25.2 Å². The number of urea groups is 1. The van der Waals surface area contributed by atoms with Crippen LogP contribution in [0.5, 0.6) is 0 Å². The number of amides is 2. The van der Waals surface area contributed by atoms with E-state index < -0.39 is 50.1 Å². The summed E-state index contributed by atoms with van der Waals surface area (Å²) in [5.41, 5.74) is 0. The van der Waals surface area contributed by atoms with Crippen LogP contribution in [0.1, 0.15) is 32.6 Å². The smallest absolute Gasteiger partial charge is 0.394 e. The van der Waals surface area contributed by atoms with Crippen LogP contribution in [-0.4, -0.2) is 79.9 Å². The predicted octanol–water partition coefficient (Wildman–Crippen LogP) is 0.568. The van der Waals surface area contributed by atoms with Gasteiger partial charge in [-0.3, -0.25) is 10.6 Å². The lowest BCUT2D eigenvalue weighted by Gasteiger charge is -2.38. The molecule has 6 N–H and O–H groups in total. The third kappa shape index (κ3) is 7.84. The van der Waals surface area contributed by atoms with Crippen LogP contribution in [0.25, 0.3) is 0 Å². The van der Waals surface area contributed by atoms with Crippen LogP contribution >= 0.6 is 0 Å². The Hall–Kier alpha value is -1.15. The van der Waals surface area contributed by atoms with Gasteiger partial charge in [0.1, 0.15) is 12.5 Å². The molecule has 0 spiro atoms. The van der Waals surface area contributed by atoms with Crippen molar-refractivity contribution in [1.82, 2.24) is 31.4 Å². The van der Waals surface area contributed by atoms with E-state index in [0.29, 0.717) is 13.1 Å². The van der Waals surface area contributed by atoms with Crippen molar-refractivity contribution in [2.24, 2.45) is 5.92 Å².